The zero-order chi connectivity index (χ0) is 28.1. The molecule has 1 spiro atoms. The molecule has 0 saturated carbocycles. The molecular weight excluding hydrogens is 507 g/mol. The van der Waals surface area contributed by atoms with E-state index >= 15 is 0 Å². The van der Waals surface area contributed by atoms with E-state index in [0.717, 1.165) is 16.9 Å². The number of aliphatic hydroxyl groups is 1. The van der Waals surface area contributed by atoms with Crippen LogP contribution >= 0.6 is 0 Å². The molecular formula is C28H33FN4O6. The Labute approximate surface area is 226 Å². The number of carbonyl (C=O) groups is 3. The van der Waals surface area contributed by atoms with Crippen LogP contribution in [-0.4, -0.2) is 65.4 Å². The Morgan fingerprint density at radius 3 is 2.72 bits per heavy atom. The topological polar surface area (TPSA) is 120 Å². The molecule has 2 saturated heterocycles. The Balaban J connectivity index is 1.40. The molecule has 5 rings (SSSR count). The molecule has 4 amide bonds. The molecule has 0 aromatic heterocycles. The molecule has 0 bridgehead atoms. The number of anilines is 1. The van der Waals surface area contributed by atoms with Crippen LogP contribution in [0.4, 0.5) is 14.9 Å². The molecule has 2 fully saturated rings. The monoisotopic (exact) mass is 540 g/mol. The quantitative estimate of drug-likeness (QED) is 0.536. The van der Waals surface area contributed by atoms with E-state index < -0.39 is 23.2 Å². The van der Waals surface area contributed by atoms with Crippen molar-refractivity contribution in [1.82, 2.24) is 15.1 Å². The normalized spacial score (nSPS) is 27.7. The molecule has 2 aromatic rings. The maximum Gasteiger partial charge on any atom is 0.318 e. The number of methoxy groups -OCH3 is 1. The van der Waals surface area contributed by atoms with Crippen molar-refractivity contribution in [3.8, 4) is 5.75 Å². The van der Waals surface area contributed by atoms with Crippen molar-refractivity contribution < 1.29 is 33.4 Å². The van der Waals surface area contributed by atoms with Crippen LogP contribution in [-0.2, 0) is 26.3 Å². The summed E-state index contributed by atoms with van der Waals surface area (Å²) in [5, 5.41) is 16.4. The number of carbonyl (C=O) groups excluding carboxylic acids is 3. The van der Waals surface area contributed by atoms with E-state index in [2.05, 4.69) is 10.6 Å². The van der Waals surface area contributed by atoms with Gasteiger partial charge in [0.2, 0.25) is 11.8 Å². The summed E-state index contributed by atoms with van der Waals surface area (Å²) in [4.78, 5) is 42.1. The molecule has 3 unspecified atom stereocenters. The number of rotatable bonds is 5. The van der Waals surface area contributed by atoms with E-state index in [1.165, 1.54) is 33.2 Å². The predicted octanol–water partition coefficient (Wildman–Crippen LogP) is 3.00. The highest BCUT2D eigenvalue weighted by Crippen LogP contribution is 2.50. The van der Waals surface area contributed by atoms with Gasteiger partial charge in [0, 0.05) is 37.3 Å². The van der Waals surface area contributed by atoms with Crippen molar-refractivity contribution in [3.05, 3.63) is 58.9 Å². The summed E-state index contributed by atoms with van der Waals surface area (Å²) >= 11 is 0. The number of aryl methyl sites for hydroxylation is 1. The Hall–Kier alpha value is -3.70. The van der Waals surface area contributed by atoms with E-state index in [0.29, 0.717) is 41.8 Å². The van der Waals surface area contributed by atoms with Crippen LogP contribution in [0.25, 0.3) is 0 Å². The summed E-state index contributed by atoms with van der Waals surface area (Å²) in [6, 6.07) is 8.56. The van der Waals surface area contributed by atoms with Gasteiger partial charge in [0.1, 0.15) is 18.1 Å². The summed E-state index contributed by atoms with van der Waals surface area (Å²) in [6.45, 7) is 2.90. The van der Waals surface area contributed by atoms with E-state index in [9.17, 15) is 23.9 Å². The molecule has 2 heterocycles. The van der Waals surface area contributed by atoms with Gasteiger partial charge in [-0.2, -0.15) is 0 Å². The number of hydrogen-bond donors (Lipinski definition) is 3. The zero-order valence-electron chi connectivity index (χ0n) is 22.4. The minimum absolute atomic E-state index is 0.131. The molecule has 1 aliphatic carbocycles. The maximum atomic E-state index is 13.9. The third-order valence-corrected chi connectivity index (χ3v) is 8.04. The van der Waals surface area contributed by atoms with Gasteiger partial charge in [-0.05, 0) is 61.9 Å². The van der Waals surface area contributed by atoms with Crippen molar-refractivity contribution in [2.75, 3.05) is 26.0 Å². The fourth-order valence-electron chi connectivity index (χ4n) is 6.18. The summed E-state index contributed by atoms with van der Waals surface area (Å²) in [5.74, 6) is -2.94. The number of benzene rings is 2. The molecule has 4 atom stereocenters. The number of amides is 4. The van der Waals surface area contributed by atoms with E-state index in [4.69, 9.17) is 9.47 Å². The predicted molar refractivity (Wildman–Crippen MR) is 139 cm³/mol. The smallest absolute Gasteiger partial charge is 0.318 e. The molecule has 0 radical (unpaired) electrons. The number of likely N-dealkylation sites (tertiary alicyclic amines) is 1. The Morgan fingerprint density at radius 2 is 2.00 bits per heavy atom. The first-order valence-corrected chi connectivity index (χ1v) is 13.0. The Kier molecular flexibility index (Phi) is 6.76. The molecule has 11 heteroatoms. The minimum Gasteiger partial charge on any atom is -0.496 e. The summed E-state index contributed by atoms with van der Waals surface area (Å²) in [6.07, 6.45) is 2.17. The van der Waals surface area contributed by atoms with Crippen molar-refractivity contribution in [3.63, 3.8) is 0 Å². The highest BCUT2D eigenvalue weighted by atomic mass is 19.1. The lowest BCUT2D eigenvalue weighted by molar-refractivity contribution is -0.263. The lowest BCUT2D eigenvalue weighted by Crippen LogP contribution is -2.51. The van der Waals surface area contributed by atoms with E-state index in [1.54, 1.807) is 29.2 Å². The number of fused-ring (bicyclic) bond motifs is 2. The fraction of sp³-hybridized carbons (Fsp3) is 0.464. The third kappa shape index (κ3) is 4.49. The van der Waals surface area contributed by atoms with Crippen LogP contribution in [0.15, 0.2) is 36.4 Å². The zero-order valence-corrected chi connectivity index (χ0v) is 22.4. The molecule has 39 heavy (non-hydrogen) atoms. The standard InChI is InChI=1S/C28H33FN4O6/c1-16-5-10-22(20-8-6-18(29)14-23(20)38-4)33(16)24(34)15-32-25(35)28(39-27(32,2)37)12-11-17-13-19(7-9-21(17)28)31-26(36)30-3/h6-9,13-14,16,22,37H,5,10-12,15H2,1-4H3,(H2,30,31,36)/t16?,22?,27?,28-/m1/s1. The van der Waals surface area contributed by atoms with Crippen LogP contribution in [0.2, 0.25) is 0 Å². The van der Waals surface area contributed by atoms with Crippen molar-refractivity contribution in [2.45, 2.75) is 63.1 Å². The molecule has 2 aliphatic heterocycles. The van der Waals surface area contributed by atoms with Gasteiger partial charge in [0.25, 0.3) is 5.91 Å². The molecule has 2 aromatic carbocycles. The molecule has 208 valence electrons. The van der Waals surface area contributed by atoms with Crippen LogP contribution in [0.1, 0.15) is 55.8 Å². The average molecular weight is 541 g/mol. The Morgan fingerprint density at radius 1 is 1.23 bits per heavy atom. The molecule has 3 N–H and O–H groups in total. The van der Waals surface area contributed by atoms with Crippen LogP contribution in [0, 0.1) is 5.82 Å². The van der Waals surface area contributed by atoms with Crippen molar-refractivity contribution >= 4 is 23.5 Å². The first-order chi connectivity index (χ1) is 18.5. The average Bonchev–Trinajstić information content (AvgIpc) is 3.52. The van der Waals surface area contributed by atoms with Crippen LogP contribution < -0.4 is 15.4 Å². The van der Waals surface area contributed by atoms with Gasteiger partial charge in [-0.15, -0.1) is 0 Å². The largest absolute Gasteiger partial charge is 0.496 e. The van der Waals surface area contributed by atoms with Crippen molar-refractivity contribution in [1.29, 1.82) is 0 Å². The van der Waals surface area contributed by atoms with Gasteiger partial charge < -0.3 is 30.1 Å². The molecule has 3 aliphatic rings. The number of nitrogens with zero attached hydrogens (tertiary/aromatic N) is 2. The third-order valence-electron chi connectivity index (χ3n) is 8.04. The summed E-state index contributed by atoms with van der Waals surface area (Å²) in [5.41, 5.74) is 1.25. The number of ether oxygens (including phenoxy) is 2. The molecule has 10 nitrogen and oxygen atoms in total. The first-order valence-electron chi connectivity index (χ1n) is 13.0. The van der Waals surface area contributed by atoms with Gasteiger partial charge in [-0.1, -0.05) is 12.1 Å². The van der Waals surface area contributed by atoms with Gasteiger partial charge in [-0.25, -0.2) is 9.18 Å². The lowest BCUT2D eigenvalue weighted by Gasteiger charge is -2.33. The number of halogens is 1. The lowest BCUT2D eigenvalue weighted by atomic mass is 9.94. The fourth-order valence-corrected chi connectivity index (χ4v) is 6.18. The number of urea groups is 1. The second-order valence-electron chi connectivity index (χ2n) is 10.5. The second kappa shape index (κ2) is 9.80. The van der Waals surface area contributed by atoms with E-state index in [1.807, 2.05) is 6.92 Å². The maximum absolute atomic E-state index is 13.9. The highest BCUT2D eigenvalue weighted by molar-refractivity contribution is 5.94. The van der Waals surface area contributed by atoms with Crippen LogP contribution in [0.5, 0.6) is 5.75 Å². The first kappa shape index (κ1) is 26.9. The SMILES string of the molecule is CNC(=O)Nc1ccc2c(c1)CC[C@@]21OC(C)(O)N(CC(=O)N2C(C)CCC2c2ccc(F)cc2OC)C1=O. The van der Waals surface area contributed by atoms with Crippen molar-refractivity contribution in [2.24, 2.45) is 0 Å². The van der Waals surface area contributed by atoms with Gasteiger partial charge in [0.05, 0.1) is 13.2 Å². The summed E-state index contributed by atoms with van der Waals surface area (Å²) in [7, 11) is 2.97. The van der Waals surface area contributed by atoms with E-state index in [-0.39, 0.29) is 30.6 Å². The minimum atomic E-state index is -2.01. The second-order valence-corrected chi connectivity index (χ2v) is 10.5. The van der Waals surface area contributed by atoms with Gasteiger partial charge >= 0.3 is 6.03 Å². The number of hydrogen-bond acceptors (Lipinski definition) is 6. The summed E-state index contributed by atoms with van der Waals surface area (Å²) < 4.78 is 25.3. The van der Waals surface area contributed by atoms with Crippen LogP contribution in [0.3, 0.4) is 0 Å². The highest BCUT2D eigenvalue weighted by Gasteiger charge is 2.62. The van der Waals surface area contributed by atoms with Gasteiger partial charge in [-0.3, -0.25) is 14.5 Å². The van der Waals surface area contributed by atoms with Gasteiger partial charge in [0.15, 0.2) is 5.60 Å². The Bertz CT molecular complexity index is 1330. The number of nitrogens with one attached hydrogen (secondary N) is 2.